The first-order valence-corrected chi connectivity index (χ1v) is 6.32. The molecule has 0 aliphatic heterocycles. The molecule has 0 aliphatic rings. The van der Waals surface area contributed by atoms with Crippen molar-refractivity contribution in [3.8, 4) is 17.2 Å². The Balaban J connectivity index is 3.15. The van der Waals surface area contributed by atoms with Crippen LogP contribution < -0.4 is 14.2 Å². The van der Waals surface area contributed by atoms with Crippen LogP contribution in [0.5, 0.6) is 17.2 Å². The Kier molecular flexibility index (Phi) is 6.26. The van der Waals surface area contributed by atoms with Crippen molar-refractivity contribution in [2.45, 2.75) is 19.1 Å². The zero-order valence-electron chi connectivity index (χ0n) is 12.5. The molecular weight excluding hydrogens is 280 g/mol. The number of methoxy groups -OCH3 is 3. The summed E-state index contributed by atoms with van der Waals surface area (Å²) in [5.74, 6) is 0.0595. The first-order valence-electron chi connectivity index (χ1n) is 6.32. The molecule has 7 heteroatoms. The van der Waals surface area contributed by atoms with Crippen LogP contribution in [0.3, 0.4) is 0 Å². The lowest BCUT2D eigenvalue weighted by Crippen LogP contribution is -2.29. The molecule has 118 valence electrons. The van der Waals surface area contributed by atoms with Crippen molar-refractivity contribution in [2.24, 2.45) is 0 Å². The van der Waals surface area contributed by atoms with Gasteiger partial charge in [0.05, 0.1) is 27.9 Å². The van der Waals surface area contributed by atoms with Gasteiger partial charge in [0.2, 0.25) is 5.75 Å². The van der Waals surface area contributed by atoms with E-state index in [4.69, 9.17) is 14.2 Å². The third-order valence-corrected chi connectivity index (χ3v) is 2.86. The molecule has 0 aromatic heterocycles. The van der Waals surface area contributed by atoms with E-state index >= 15 is 0 Å². The molecule has 0 fully saturated rings. The summed E-state index contributed by atoms with van der Waals surface area (Å²) in [6, 6.07) is 2.91. The van der Waals surface area contributed by atoms with Gasteiger partial charge in [0.1, 0.15) is 6.10 Å². The van der Waals surface area contributed by atoms with Gasteiger partial charge in [-0.2, -0.15) is 0 Å². The van der Waals surface area contributed by atoms with Crippen LogP contribution in [0.25, 0.3) is 0 Å². The van der Waals surface area contributed by atoms with Gasteiger partial charge >= 0.3 is 5.97 Å². The summed E-state index contributed by atoms with van der Waals surface area (Å²) in [7, 11) is 4.30. The molecule has 0 unspecified atom stereocenters. The number of esters is 1. The van der Waals surface area contributed by atoms with Crippen molar-refractivity contribution in [2.75, 3.05) is 27.9 Å². The minimum absolute atomic E-state index is 0.109. The number of hydrogen-bond donors (Lipinski definition) is 2. The summed E-state index contributed by atoms with van der Waals surface area (Å²) < 4.78 is 20.1. The molecular formula is C14H20O7. The van der Waals surface area contributed by atoms with Crippen LogP contribution in [-0.2, 0) is 9.53 Å². The van der Waals surface area contributed by atoms with Crippen molar-refractivity contribution in [3.05, 3.63) is 17.7 Å². The number of ether oxygens (including phenoxy) is 4. The van der Waals surface area contributed by atoms with Gasteiger partial charge in [-0.1, -0.05) is 0 Å². The van der Waals surface area contributed by atoms with Gasteiger partial charge in [0.25, 0.3) is 0 Å². The van der Waals surface area contributed by atoms with Crippen molar-refractivity contribution < 1.29 is 34.0 Å². The van der Waals surface area contributed by atoms with E-state index in [2.05, 4.69) is 4.74 Å². The number of aliphatic hydroxyl groups excluding tert-OH is 2. The van der Waals surface area contributed by atoms with Crippen LogP contribution in [0.1, 0.15) is 18.6 Å². The Bertz CT molecular complexity index is 461. The second-order valence-electron chi connectivity index (χ2n) is 4.10. The van der Waals surface area contributed by atoms with E-state index in [0.29, 0.717) is 17.2 Å². The summed E-state index contributed by atoms with van der Waals surface area (Å²) in [6.07, 6.45) is -3.18. The fourth-order valence-electron chi connectivity index (χ4n) is 1.81. The van der Waals surface area contributed by atoms with Gasteiger partial charge in [-0.05, 0) is 24.6 Å². The molecule has 0 aliphatic carbocycles. The molecule has 1 aromatic rings. The smallest absolute Gasteiger partial charge is 0.338 e. The lowest BCUT2D eigenvalue weighted by molar-refractivity contribution is -0.159. The Morgan fingerprint density at radius 2 is 1.62 bits per heavy atom. The average Bonchev–Trinajstić information content (AvgIpc) is 2.51. The SMILES string of the molecule is CCOC(=O)[C@@H](O)[C@H](O)c1cc(OC)c(OC)c(OC)c1. The van der Waals surface area contributed by atoms with Crippen LogP contribution in [0.15, 0.2) is 12.1 Å². The summed E-state index contributed by atoms with van der Waals surface area (Å²) in [5, 5.41) is 19.9. The van der Waals surface area contributed by atoms with Gasteiger partial charge in [0.15, 0.2) is 17.6 Å². The van der Waals surface area contributed by atoms with Crippen molar-refractivity contribution in [3.63, 3.8) is 0 Å². The number of carbonyl (C=O) groups is 1. The van der Waals surface area contributed by atoms with Gasteiger partial charge in [0, 0.05) is 0 Å². The molecule has 0 saturated carbocycles. The predicted octanol–water partition coefficient (Wildman–Crippen LogP) is 0.670. The van der Waals surface area contributed by atoms with E-state index in [9.17, 15) is 15.0 Å². The van der Waals surface area contributed by atoms with E-state index in [1.54, 1.807) is 6.92 Å². The summed E-state index contributed by atoms with van der Waals surface area (Å²) >= 11 is 0. The molecule has 1 aromatic carbocycles. The van der Waals surface area contributed by atoms with Crippen LogP contribution in [0.4, 0.5) is 0 Å². The number of rotatable bonds is 7. The number of aliphatic hydroxyl groups is 2. The first-order chi connectivity index (χ1) is 9.99. The Morgan fingerprint density at radius 1 is 1.10 bits per heavy atom. The molecule has 0 saturated heterocycles. The lowest BCUT2D eigenvalue weighted by Gasteiger charge is -2.19. The monoisotopic (exact) mass is 300 g/mol. The van der Waals surface area contributed by atoms with Gasteiger partial charge in [-0.15, -0.1) is 0 Å². The lowest BCUT2D eigenvalue weighted by atomic mass is 10.0. The maximum Gasteiger partial charge on any atom is 0.338 e. The van der Waals surface area contributed by atoms with Gasteiger partial charge in [-0.25, -0.2) is 4.79 Å². The highest BCUT2D eigenvalue weighted by molar-refractivity contribution is 5.75. The van der Waals surface area contributed by atoms with Crippen molar-refractivity contribution in [1.29, 1.82) is 0 Å². The fraction of sp³-hybridized carbons (Fsp3) is 0.500. The van der Waals surface area contributed by atoms with Crippen molar-refractivity contribution in [1.82, 2.24) is 0 Å². The maximum atomic E-state index is 11.5. The number of carbonyl (C=O) groups excluding carboxylic acids is 1. The summed E-state index contributed by atoms with van der Waals surface area (Å²) in [5.41, 5.74) is 0.241. The quantitative estimate of drug-likeness (QED) is 0.715. The molecule has 7 nitrogen and oxygen atoms in total. The highest BCUT2D eigenvalue weighted by Crippen LogP contribution is 2.40. The first kappa shape index (κ1) is 17.1. The van der Waals surface area contributed by atoms with Crippen molar-refractivity contribution >= 4 is 5.97 Å². The topological polar surface area (TPSA) is 94.5 Å². The van der Waals surface area contributed by atoms with Crippen LogP contribution >= 0.6 is 0 Å². The van der Waals surface area contributed by atoms with E-state index < -0.39 is 18.2 Å². The Labute approximate surface area is 123 Å². The normalized spacial score (nSPS) is 13.2. The molecule has 0 heterocycles. The van der Waals surface area contributed by atoms with Crippen LogP contribution in [-0.4, -0.2) is 50.2 Å². The molecule has 1 rings (SSSR count). The Hall–Kier alpha value is -1.99. The van der Waals surface area contributed by atoms with Crippen LogP contribution in [0, 0.1) is 0 Å². The molecule has 0 spiro atoms. The van der Waals surface area contributed by atoms with Gasteiger partial charge < -0.3 is 29.2 Å². The number of benzene rings is 1. The predicted molar refractivity (Wildman–Crippen MR) is 73.7 cm³/mol. The minimum atomic E-state index is -1.70. The summed E-state index contributed by atoms with van der Waals surface area (Å²) in [4.78, 5) is 11.5. The molecule has 0 bridgehead atoms. The largest absolute Gasteiger partial charge is 0.493 e. The van der Waals surface area contributed by atoms with E-state index in [1.807, 2.05) is 0 Å². The molecule has 2 atom stereocenters. The Morgan fingerprint density at radius 3 is 2.00 bits per heavy atom. The molecule has 2 N–H and O–H groups in total. The fourth-order valence-corrected chi connectivity index (χ4v) is 1.81. The zero-order chi connectivity index (χ0) is 16.0. The highest BCUT2D eigenvalue weighted by atomic mass is 16.5. The molecule has 0 amide bonds. The van der Waals surface area contributed by atoms with E-state index in [1.165, 1.54) is 33.5 Å². The summed E-state index contributed by atoms with van der Waals surface area (Å²) in [6.45, 7) is 1.72. The number of hydrogen-bond acceptors (Lipinski definition) is 7. The second-order valence-corrected chi connectivity index (χ2v) is 4.10. The average molecular weight is 300 g/mol. The van der Waals surface area contributed by atoms with Crippen LogP contribution in [0.2, 0.25) is 0 Å². The molecule has 0 radical (unpaired) electrons. The maximum absolute atomic E-state index is 11.5. The minimum Gasteiger partial charge on any atom is -0.493 e. The second kappa shape index (κ2) is 7.70. The third-order valence-electron chi connectivity index (χ3n) is 2.86. The third kappa shape index (κ3) is 3.77. The van der Waals surface area contributed by atoms with E-state index in [-0.39, 0.29) is 12.2 Å². The van der Waals surface area contributed by atoms with E-state index in [0.717, 1.165) is 0 Å². The standard InChI is InChI=1S/C14H20O7/c1-5-21-14(17)12(16)11(15)8-6-9(18-2)13(20-4)10(7-8)19-3/h6-7,11-12,15-16H,5H2,1-4H3/t11-,12+/m1/s1. The van der Waals surface area contributed by atoms with Gasteiger partial charge in [-0.3, -0.25) is 0 Å². The highest BCUT2D eigenvalue weighted by Gasteiger charge is 2.29. The zero-order valence-corrected chi connectivity index (χ0v) is 12.5. The molecule has 21 heavy (non-hydrogen) atoms.